The van der Waals surface area contributed by atoms with Gasteiger partial charge in [0, 0.05) is 0 Å². The van der Waals surface area contributed by atoms with Gasteiger partial charge in [-0.3, -0.25) is 4.79 Å². The largest absolute Gasteiger partial charge is 0.483 e. The Morgan fingerprint density at radius 3 is 2.55 bits per heavy atom. The van der Waals surface area contributed by atoms with Crippen LogP contribution in [0.4, 0.5) is 0 Å². The van der Waals surface area contributed by atoms with E-state index >= 15 is 0 Å². The second-order valence-electron chi connectivity index (χ2n) is 2.71. The molecule has 0 aliphatic carbocycles. The summed E-state index contributed by atoms with van der Waals surface area (Å²) in [7, 11) is 1.52. The Bertz CT molecular complexity index is 199. The van der Waals surface area contributed by atoms with E-state index in [0.29, 0.717) is 12.3 Å². The number of carbonyl (C=O) groups excluding carboxylic acids is 1. The fourth-order valence-electron chi connectivity index (χ4n) is 0.938. The van der Waals surface area contributed by atoms with Gasteiger partial charge in [-0.15, -0.1) is 5.10 Å². The van der Waals surface area contributed by atoms with Gasteiger partial charge in [-0.2, -0.15) is 0 Å². The summed E-state index contributed by atoms with van der Waals surface area (Å²) in [6.07, 6.45) is 0.300. The Labute approximate surface area is 65.8 Å². The maximum atomic E-state index is 11.1. The predicted octanol–water partition coefficient (Wildman–Crippen LogP) is 0.587. The molecular weight excluding hydrogens is 144 g/mol. The lowest BCUT2D eigenvalue weighted by atomic mass is 10.3. The Morgan fingerprint density at radius 1 is 1.64 bits per heavy atom. The number of carbonyl (C=O) groups is 1. The molecule has 0 aromatic rings. The molecule has 0 N–H and O–H groups in total. The van der Waals surface area contributed by atoms with Crippen molar-refractivity contribution in [2.24, 2.45) is 5.10 Å². The Hall–Kier alpha value is -1.06. The van der Waals surface area contributed by atoms with Crippen LogP contribution >= 0.6 is 0 Å². The number of ether oxygens (including phenoxy) is 1. The molecule has 1 aliphatic heterocycles. The molecule has 4 heteroatoms. The Kier molecular flexibility index (Phi) is 2.12. The van der Waals surface area contributed by atoms with Gasteiger partial charge in [0.15, 0.2) is 0 Å². The highest BCUT2D eigenvalue weighted by Crippen LogP contribution is 2.11. The highest BCUT2D eigenvalue weighted by atomic mass is 16.5. The molecule has 1 rings (SSSR count). The smallest absolute Gasteiger partial charge is 0.252 e. The molecule has 62 valence electrons. The van der Waals surface area contributed by atoms with E-state index in [0.717, 1.165) is 0 Å². The molecule has 0 saturated heterocycles. The molecular formula is C7H12N2O2. The van der Waals surface area contributed by atoms with E-state index in [4.69, 9.17) is 4.74 Å². The highest BCUT2D eigenvalue weighted by Gasteiger charge is 2.26. The van der Waals surface area contributed by atoms with E-state index in [9.17, 15) is 4.79 Å². The number of methoxy groups -OCH3 is 1. The molecule has 1 aliphatic rings. The van der Waals surface area contributed by atoms with Crippen LogP contribution in [0, 0.1) is 0 Å². The van der Waals surface area contributed by atoms with Gasteiger partial charge in [-0.25, -0.2) is 5.01 Å². The monoisotopic (exact) mass is 156 g/mol. The Balaban J connectivity index is 2.68. The number of hydrogen-bond donors (Lipinski definition) is 0. The van der Waals surface area contributed by atoms with Crippen molar-refractivity contribution in [1.82, 2.24) is 5.01 Å². The first-order chi connectivity index (χ1) is 5.15. The summed E-state index contributed by atoms with van der Waals surface area (Å²) in [5.74, 6) is 0.514. The number of hydrazone groups is 1. The molecule has 0 spiro atoms. The minimum atomic E-state index is 0.0110. The lowest BCUT2D eigenvalue weighted by Gasteiger charge is -2.14. The van der Waals surface area contributed by atoms with Crippen molar-refractivity contribution in [3.63, 3.8) is 0 Å². The third-order valence-electron chi connectivity index (χ3n) is 1.50. The van der Waals surface area contributed by atoms with Gasteiger partial charge in [0.25, 0.3) is 5.91 Å². The summed E-state index contributed by atoms with van der Waals surface area (Å²) in [4.78, 5) is 11.1. The van der Waals surface area contributed by atoms with E-state index in [1.54, 1.807) is 0 Å². The van der Waals surface area contributed by atoms with Gasteiger partial charge in [0.1, 0.15) is 6.42 Å². The van der Waals surface area contributed by atoms with Gasteiger partial charge >= 0.3 is 0 Å². The number of hydrogen-bond acceptors (Lipinski definition) is 3. The van der Waals surface area contributed by atoms with Crippen molar-refractivity contribution in [3.05, 3.63) is 0 Å². The summed E-state index contributed by atoms with van der Waals surface area (Å²) >= 11 is 0. The normalized spacial score (nSPS) is 17.6. The van der Waals surface area contributed by atoms with Gasteiger partial charge in [0.05, 0.1) is 13.2 Å². The zero-order valence-corrected chi connectivity index (χ0v) is 7.00. The summed E-state index contributed by atoms with van der Waals surface area (Å²) < 4.78 is 4.85. The molecule has 0 fully saturated rings. The molecule has 0 atom stereocenters. The van der Waals surface area contributed by atoms with Crippen molar-refractivity contribution >= 4 is 11.8 Å². The summed E-state index contributed by atoms with van der Waals surface area (Å²) in [5, 5.41) is 5.41. The van der Waals surface area contributed by atoms with E-state index < -0.39 is 0 Å². The summed E-state index contributed by atoms with van der Waals surface area (Å²) in [6.45, 7) is 3.83. The lowest BCUT2D eigenvalue weighted by molar-refractivity contribution is -0.130. The summed E-state index contributed by atoms with van der Waals surface area (Å²) in [5.41, 5.74) is 0. The van der Waals surface area contributed by atoms with Crippen molar-refractivity contribution in [2.75, 3.05) is 7.11 Å². The fourth-order valence-corrected chi connectivity index (χ4v) is 0.938. The maximum absolute atomic E-state index is 11.1. The second kappa shape index (κ2) is 2.90. The maximum Gasteiger partial charge on any atom is 0.252 e. The molecule has 1 heterocycles. The predicted molar refractivity (Wildman–Crippen MR) is 41.0 cm³/mol. The van der Waals surface area contributed by atoms with Crippen LogP contribution in [0.3, 0.4) is 0 Å². The molecule has 0 aromatic carbocycles. The third kappa shape index (κ3) is 1.50. The van der Waals surface area contributed by atoms with E-state index in [2.05, 4.69) is 5.10 Å². The number of rotatable bonds is 1. The van der Waals surface area contributed by atoms with Crippen LogP contribution < -0.4 is 0 Å². The van der Waals surface area contributed by atoms with Crippen LogP contribution in [0.5, 0.6) is 0 Å². The average molecular weight is 156 g/mol. The Morgan fingerprint density at radius 2 is 2.27 bits per heavy atom. The standard InChI is InChI=1S/C7H12N2O2/c1-5(2)9-7(10)4-6(8-9)11-3/h5H,4H2,1-3H3. The lowest BCUT2D eigenvalue weighted by Crippen LogP contribution is -2.27. The SMILES string of the molecule is COC1=NN(C(C)C)C(=O)C1. The van der Waals surface area contributed by atoms with Crippen molar-refractivity contribution in [3.8, 4) is 0 Å². The van der Waals surface area contributed by atoms with E-state index in [1.807, 2.05) is 13.8 Å². The first-order valence-electron chi connectivity index (χ1n) is 3.58. The van der Waals surface area contributed by atoms with Crippen LogP contribution in [0.1, 0.15) is 20.3 Å². The van der Waals surface area contributed by atoms with Crippen LogP contribution in [0.2, 0.25) is 0 Å². The number of amides is 1. The van der Waals surface area contributed by atoms with Gasteiger partial charge in [-0.1, -0.05) is 0 Å². The minimum Gasteiger partial charge on any atom is -0.483 e. The van der Waals surface area contributed by atoms with Crippen LogP contribution in [0.25, 0.3) is 0 Å². The van der Waals surface area contributed by atoms with Gasteiger partial charge < -0.3 is 4.74 Å². The van der Waals surface area contributed by atoms with Crippen LogP contribution in [0.15, 0.2) is 5.10 Å². The highest BCUT2D eigenvalue weighted by molar-refractivity contribution is 6.01. The topological polar surface area (TPSA) is 41.9 Å². The van der Waals surface area contributed by atoms with Crippen molar-refractivity contribution in [2.45, 2.75) is 26.3 Å². The van der Waals surface area contributed by atoms with Crippen LogP contribution in [-0.4, -0.2) is 30.0 Å². The third-order valence-corrected chi connectivity index (χ3v) is 1.50. The molecule has 1 amide bonds. The fraction of sp³-hybridized carbons (Fsp3) is 0.714. The van der Waals surface area contributed by atoms with E-state index in [-0.39, 0.29) is 11.9 Å². The molecule has 0 radical (unpaired) electrons. The molecule has 0 bridgehead atoms. The minimum absolute atomic E-state index is 0.0110. The van der Waals surface area contributed by atoms with Crippen LogP contribution in [-0.2, 0) is 9.53 Å². The van der Waals surface area contributed by atoms with Crippen molar-refractivity contribution in [1.29, 1.82) is 0 Å². The molecule has 0 aromatic heterocycles. The first-order valence-corrected chi connectivity index (χ1v) is 3.58. The van der Waals surface area contributed by atoms with Crippen molar-refractivity contribution < 1.29 is 9.53 Å². The molecule has 0 saturated carbocycles. The molecule has 4 nitrogen and oxygen atoms in total. The quantitative estimate of drug-likeness (QED) is 0.557. The average Bonchev–Trinajstić information content (AvgIpc) is 2.30. The summed E-state index contributed by atoms with van der Waals surface area (Å²) in [6, 6.07) is 0.121. The second-order valence-corrected chi connectivity index (χ2v) is 2.71. The van der Waals surface area contributed by atoms with E-state index in [1.165, 1.54) is 12.1 Å². The van der Waals surface area contributed by atoms with Gasteiger partial charge in [-0.05, 0) is 13.8 Å². The van der Waals surface area contributed by atoms with Gasteiger partial charge in [0.2, 0.25) is 5.90 Å². The molecule has 0 unspecified atom stereocenters. The molecule has 11 heavy (non-hydrogen) atoms. The zero-order chi connectivity index (χ0) is 8.43. The number of nitrogens with zero attached hydrogens (tertiary/aromatic N) is 2. The zero-order valence-electron chi connectivity index (χ0n) is 7.00. The first kappa shape index (κ1) is 8.04.